The average Bonchev–Trinajstić information content (AvgIpc) is 3.24. The van der Waals surface area contributed by atoms with Crippen LogP contribution in [0, 0.1) is 5.82 Å². The molecule has 0 fully saturated rings. The number of hydrogen-bond acceptors (Lipinski definition) is 3. The maximum atomic E-state index is 14.2. The van der Waals surface area contributed by atoms with Gasteiger partial charge in [-0.25, -0.2) is 9.37 Å². The summed E-state index contributed by atoms with van der Waals surface area (Å²) in [7, 11) is 1.77. The van der Waals surface area contributed by atoms with Crippen molar-refractivity contribution in [3.63, 3.8) is 0 Å². The van der Waals surface area contributed by atoms with Crippen molar-refractivity contribution in [2.24, 2.45) is 7.05 Å². The van der Waals surface area contributed by atoms with Crippen LogP contribution in [0.3, 0.4) is 0 Å². The molecule has 2 aromatic carbocycles. The predicted molar refractivity (Wildman–Crippen MR) is 98.4 cm³/mol. The van der Waals surface area contributed by atoms with E-state index in [4.69, 9.17) is 11.6 Å². The zero-order valence-electron chi connectivity index (χ0n) is 13.5. The molecule has 0 amide bonds. The van der Waals surface area contributed by atoms with E-state index in [1.807, 2.05) is 18.2 Å². The summed E-state index contributed by atoms with van der Waals surface area (Å²) in [5.74, 6) is -0.548. The molecule has 0 saturated carbocycles. The summed E-state index contributed by atoms with van der Waals surface area (Å²) >= 11 is 6.03. The van der Waals surface area contributed by atoms with Crippen LogP contribution in [0.5, 0.6) is 0 Å². The van der Waals surface area contributed by atoms with Crippen molar-refractivity contribution in [3.05, 3.63) is 64.0 Å². The third-order valence-corrected chi connectivity index (χ3v) is 4.87. The fourth-order valence-electron chi connectivity index (χ4n) is 3.42. The summed E-state index contributed by atoms with van der Waals surface area (Å²) < 4.78 is 17.4. The molecule has 5 aromatic rings. The molecule has 6 nitrogen and oxygen atoms in total. The number of aromatic nitrogens is 5. The van der Waals surface area contributed by atoms with Gasteiger partial charge in [0, 0.05) is 17.8 Å². The lowest BCUT2D eigenvalue weighted by Gasteiger charge is -2.13. The normalized spacial score (nSPS) is 11.8. The average molecular weight is 368 g/mol. The predicted octanol–water partition coefficient (Wildman–Crippen LogP) is 3.55. The second kappa shape index (κ2) is 5.15. The lowest BCUT2D eigenvalue weighted by atomic mass is 10.1. The molecule has 0 spiro atoms. The number of aromatic amines is 1. The Bertz CT molecular complexity index is 1400. The Balaban J connectivity index is 2.08. The van der Waals surface area contributed by atoms with Crippen molar-refractivity contribution in [3.8, 4) is 5.69 Å². The van der Waals surface area contributed by atoms with Crippen molar-refractivity contribution in [2.75, 3.05) is 0 Å². The van der Waals surface area contributed by atoms with Crippen molar-refractivity contribution in [1.29, 1.82) is 0 Å². The first kappa shape index (κ1) is 15.1. The van der Waals surface area contributed by atoms with Crippen molar-refractivity contribution in [2.45, 2.75) is 0 Å². The van der Waals surface area contributed by atoms with Gasteiger partial charge in [-0.2, -0.15) is 5.10 Å². The summed E-state index contributed by atoms with van der Waals surface area (Å²) in [6, 6.07) is 8.31. The molecule has 5 rings (SSSR count). The standard InChI is InChI=1S/C18H11ClFN5O/c1-24-8-21-16-17(24)9-5-12(20)11(19)6-15(9)25(18(16)26)14-4-2-3-13-10(14)7-22-23-13/h2-8H,1H3,(H,22,23). The van der Waals surface area contributed by atoms with Crippen LogP contribution in [0.25, 0.3) is 38.5 Å². The van der Waals surface area contributed by atoms with Crippen molar-refractivity contribution < 1.29 is 4.39 Å². The van der Waals surface area contributed by atoms with Gasteiger partial charge in [-0.15, -0.1) is 0 Å². The van der Waals surface area contributed by atoms with E-state index in [0.29, 0.717) is 22.1 Å². The van der Waals surface area contributed by atoms with Gasteiger partial charge in [0.25, 0.3) is 5.56 Å². The van der Waals surface area contributed by atoms with Crippen LogP contribution in [-0.4, -0.2) is 24.3 Å². The molecular weight excluding hydrogens is 357 g/mol. The Morgan fingerprint density at radius 3 is 2.92 bits per heavy atom. The van der Waals surface area contributed by atoms with Crippen LogP contribution < -0.4 is 5.56 Å². The monoisotopic (exact) mass is 367 g/mol. The topological polar surface area (TPSA) is 68.5 Å². The second-order valence-electron chi connectivity index (χ2n) is 6.09. The van der Waals surface area contributed by atoms with Gasteiger partial charge in [0.1, 0.15) is 5.82 Å². The van der Waals surface area contributed by atoms with E-state index in [1.165, 1.54) is 16.7 Å². The van der Waals surface area contributed by atoms with E-state index in [9.17, 15) is 9.18 Å². The van der Waals surface area contributed by atoms with E-state index < -0.39 is 5.82 Å². The van der Waals surface area contributed by atoms with Crippen LogP contribution in [0.4, 0.5) is 4.39 Å². The molecular formula is C18H11ClFN5O. The Morgan fingerprint density at radius 1 is 1.23 bits per heavy atom. The summed E-state index contributed by atoms with van der Waals surface area (Å²) in [5, 5.41) is 8.21. The van der Waals surface area contributed by atoms with Crippen LogP contribution >= 0.6 is 11.6 Å². The highest BCUT2D eigenvalue weighted by atomic mass is 35.5. The molecule has 0 aliphatic heterocycles. The molecule has 3 aromatic heterocycles. The maximum absolute atomic E-state index is 14.2. The summed E-state index contributed by atoms with van der Waals surface area (Å²) in [4.78, 5) is 17.5. The first-order valence-electron chi connectivity index (χ1n) is 7.83. The molecule has 26 heavy (non-hydrogen) atoms. The Hall–Kier alpha value is -3.19. The smallest absolute Gasteiger partial charge is 0.283 e. The van der Waals surface area contributed by atoms with Crippen molar-refractivity contribution in [1.82, 2.24) is 24.3 Å². The van der Waals surface area contributed by atoms with Gasteiger partial charge in [0.15, 0.2) is 5.52 Å². The number of fused-ring (bicyclic) bond motifs is 4. The first-order chi connectivity index (χ1) is 12.6. The maximum Gasteiger partial charge on any atom is 0.283 e. The highest BCUT2D eigenvalue weighted by molar-refractivity contribution is 6.31. The summed E-state index contributed by atoms with van der Waals surface area (Å²) in [6.07, 6.45) is 3.19. The molecule has 1 N–H and O–H groups in total. The largest absolute Gasteiger partial charge is 0.333 e. The van der Waals surface area contributed by atoms with Gasteiger partial charge in [-0.3, -0.25) is 14.5 Å². The Morgan fingerprint density at radius 2 is 2.08 bits per heavy atom. The molecule has 0 atom stereocenters. The minimum absolute atomic E-state index is 0.0495. The van der Waals surface area contributed by atoms with E-state index >= 15 is 0 Å². The van der Waals surface area contributed by atoms with Gasteiger partial charge < -0.3 is 4.57 Å². The molecule has 0 radical (unpaired) electrons. The van der Waals surface area contributed by atoms with Crippen LogP contribution in [0.15, 0.2) is 47.7 Å². The highest BCUT2D eigenvalue weighted by Crippen LogP contribution is 2.30. The zero-order valence-corrected chi connectivity index (χ0v) is 14.3. The molecule has 0 aliphatic rings. The number of hydrogen-bond donors (Lipinski definition) is 1. The molecule has 128 valence electrons. The van der Waals surface area contributed by atoms with Crippen LogP contribution in [0.2, 0.25) is 5.02 Å². The fourth-order valence-corrected chi connectivity index (χ4v) is 3.58. The lowest BCUT2D eigenvalue weighted by Crippen LogP contribution is -2.20. The molecule has 0 aliphatic carbocycles. The zero-order chi connectivity index (χ0) is 18.0. The second-order valence-corrected chi connectivity index (χ2v) is 6.49. The minimum Gasteiger partial charge on any atom is -0.333 e. The third-order valence-electron chi connectivity index (χ3n) is 4.58. The van der Waals surface area contributed by atoms with Crippen LogP contribution in [-0.2, 0) is 7.05 Å². The van der Waals surface area contributed by atoms with Crippen molar-refractivity contribution >= 4 is 44.4 Å². The number of imidazole rings is 1. The van der Waals surface area contributed by atoms with Gasteiger partial charge in [0.05, 0.1) is 39.8 Å². The van der Waals surface area contributed by atoms with Crippen LogP contribution in [0.1, 0.15) is 0 Å². The number of aryl methyl sites for hydroxylation is 1. The lowest BCUT2D eigenvalue weighted by molar-refractivity contribution is 0.630. The number of H-pyrrole nitrogens is 1. The summed E-state index contributed by atoms with van der Waals surface area (Å²) in [5.41, 5.74) is 2.45. The number of nitrogens with zero attached hydrogens (tertiary/aromatic N) is 4. The summed E-state index contributed by atoms with van der Waals surface area (Å²) in [6.45, 7) is 0. The number of nitrogens with one attached hydrogen (secondary N) is 1. The Kier molecular flexibility index (Phi) is 2.99. The molecule has 8 heteroatoms. The molecule has 0 saturated heterocycles. The van der Waals surface area contributed by atoms with E-state index in [1.54, 1.807) is 24.1 Å². The molecule has 3 heterocycles. The van der Waals surface area contributed by atoms with Gasteiger partial charge >= 0.3 is 0 Å². The van der Waals surface area contributed by atoms with E-state index in [2.05, 4.69) is 15.2 Å². The fraction of sp³-hybridized carbons (Fsp3) is 0.0556. The van der Waals surface area contributed by atoms with Gasteiger partial charge in [0.2, 0.25) is 0 Å². The number of halogens is 2. The van der Waals surface area contributed by atoms with Gasteiger partial charge in [-0.1, -0.05) is 17.7 Å². The number of pyridine rings is 1. The minimum atomic E-state index is -0.548. The van der Waals surface area contributed by atoms with E-state index in [0.717, 1.165) is 10.9 Å². The number of benzene rings is 2. The first-order valence-corrected chi connectivity index (χ1v) is 8.21. The third kappa shape index (κ3) is 1.89. The quantitative estimate of drug-likeness (QED) is 0.492. The Labute approximate surface area is 150 Å². The van der Waals surface area contributed by atoms with Gasteiger partial charge in [-0.05, 0) is 24.3 Å². The molecule has 0 unspecified atom stereocenters. The SMILES string of the molecule is Cn1cnc2c(=O)n(-c3cccc4[nH]ncc34)c3cc(Cl)c(F)cc3c21. The number of rotatable bonds is 1. The van der Waals surface area contributed by atoms with E-state index in [-0.39, 0.29) is 16.1 Å². The highest BCUT2D eigenvalue weighted by Gasteiger charge is 2.19. The molecule has 0 bridgehead atoms.